The van der Waals surface area contributed by atoms with Crippen LogP contribution in [0.15, 0.2) is 168 Å². The molecule has 11 rings (SSSR count). The third-order valence-corrected chi connectivity index (χ3v) is 13.4. The fourth-order valence-corrected chi connectivity index (χ4v) is 10.6. The van der Waals surface area contributed by atoms with Crippen molar-refractivity contribution in [3.63, 3.8) is 0 Å². The maximum absolute atomic E-state index is 7.11. The van der Waals surface area contributed by atoms with Crippen LogP contribution in [-0.4, -0.2) is 5.71 Å². The molecule has 55 heavy (non-hydrogen) atoms. The Balaban J connectivity index is 0.955. The molecule has 2 nitrogen and oxygen atoms in total. The number of rotatable bonds is 4. The second-order valence-electron chi connectivity index (χ2n) is 15.7. The minimum atomic E-state index is 0.0126. The smallest absolute Gasteiger partial charge is 0.0730 e. The molecule has 1 aromatic heterocycles. The number of allylic oxidation sites excluding steroid dienone is 9. The summed E-state index contributed by atoms with van der Waals surface area (Å²) in [4.78, 5) is 5.15. The monoisotopic (exact) mass is 722 g/mol. The van der Waals surface area contributed by atoms with E-state index < -0.39 is 0 Å². The van der Waals surface area contributed by atoms with Crippen LogP contribution in [0.1, 0.15) is 48.9 Å². The summed E-state index contributed by atoms with van der Waals surface area (Å²) in [6.45, 7) is 9.24. The largest absolute Gasteiger partial charge is 0.398 e. The number of nitrogens with zero attached hydrogens (tertiary/aromatic N) is 1. The van der Waals surface area contributed by atoms with Crippen molar-refractivity contribution in [2.24, 2.45) is 10.7 Å². The number of aliphatic imine (C=N–C) groups is 1. The van der Waals surface area contributed by atoms with E-state index >= 15 is 0 Å². The van der Waals surface area contributed by atoms with Gasteiger partial charge < -0.3 is 5.73 Å². The lowest BCUT2D eigenvalue weighted by Gasteiger charge is -2.24. The fraction of sp³-hybridized carbons (Fsp3) is 0.0962. The number of benzene rings is 6. The van der Waals surface area contributed by atoms with E-state index in [0.29, 0.717) is 11.4 Å². The van der Waals surface area contributed by atoms with Crippen LogP contribution < -0.4 is 5.73 Å². The molecule has 0 atom stereocenters. The van der Waals surface area contributed by atoms with E-state index in [0.717, 1.165) is 40.6 Å². The molecule has 0 fully saturated rings. The normalized spacial score (nSPS) is 17.7. The van der Waals surface area contributed by atoms with Crippen LogP contribution in [0, 0.1) is 0 Å². The zero-order valence-electron chi connectivity index (χ0n) is 30.9. The minimum absolute atomic E-state index is 0.0126. The molecule has 4 aliphatic rings. The van der Waals surface area contributed by atoms with Crippen LogP contribution in [0.5, 0.6) is 0 Å². The van der Waals surface area contributed by atoms with Crippen molar-refractivity contribution in [1.29, 1.82) is 0 Å². The van der Waals surface area contributed by atoms with Gasteiger partial charge in [-0.25, -0.2) is 4.99 Å². The third kappa shape index (κ3) is 4.76. The van der Waals surface area contributed by atoms with E-state index in [1.165, 1.54) is 81.2 Å². The van der Waals surface area contributed by atoms with E-state index in [1.54, 1.807) is 0 Å². The Hall–Kier alpha value is -6.29. The first-order valence-corrected chi connectivity index (χ1v) is 20.0. The summed E-state index contributed by atoms with van der Waals surface area (Å²) in [7, 11) is 0. The molecule has 0 saturated heterocycles. The molecule has 0 spiro atoms. The molecule has 0 amide bonds. The number of fused-ring (bicyclic) bond motifs is 8. The molecular formula is C52H38N2S. The molecule has 0 saturated carbocycles. The van der Waals surface area contributed by atoms with Gasteiger partial charge in [-0.05, 0) is 116 Å². The highest BCUT2D eigenvalue weighted by Crippen LogP contribution is 2.51. The van der Waals surface area contributed by atoms with Crippen LogP contribution in [-0.2, 0) is 5.41 Å². The van der Waals surface area contributed by atoms with Gasteiger partial charge in [0.05, 0.1) is 11.4 Å². The van der Waals surface area contributed by atoms with Crippen LogP contribution in [0.25, 0.3) is 81.3 Å². The minimum Gasteiger partial charge on any atom is -0.398 e. The third-order valence-electron chi connectivity index (χ3n) is 12.3. The van der Waals surface area contributed by atoms with Gasteiger partial charge in [0, 0.05) is 48.0 Å². The Morgan fingerprint density at radius 1 is 0.691 bits per heavy atom. The van der Waals surface area contributed by atoms with Crippen LogP contribution in [0.4, 0.5) is 0 Å². The summed E-state index contributed by atoms with van der Waals surface area (Å²) in [5, 5.41) is 4.91. The quantitative estimate of drug-likeness (QED) is 0.193. The summed E-state index contributed by atoms with van der Waals surface area (Å²) >= 11 is 1.84. The van der Waals surface area contributed by atoms with Crippen LogP contribution in [0.3, 0.4) is 0 Å². The van der Waals surface area contributed by atoms with Crippen molar-refractivity contribution in [2.75, 3.05) is 0 Å². The predicted octanol–water partition coefficient (Wildman–Crippen LogP) is 13.8. The lowest BCUT2D eigenvalue weighted by molar-refractivity contribution is 0.651. The van der Waals surface area contributed by atoms with Gasteiger partial charge in [-0.3, -0.25) is 0 Å². The van der Waals surface area contributed by atoms with E-state index in [2.05, 4.69) is 148 Å². The molecule has 0 radical (unpaired) electrons. The maximum Gasteiger partial charge on any atom is 0.0730 e. The second-order valence-corrected chi connectivity index (χ2v) is 16.8. The average Bonchev–Trinajstić information content (AvgIpc) is 3.83. The number of hydrogen-bond donors (Lipinski definition) is 1. The molecule has 0 unspecified atom stereocenters. The average molecular weight is 723 g/mol. The van der Waals surface area contributed by atoms with Gasteiger partial charge in [0.15, 0.2) is 0 Å². The summed E-state index contributed by atoms with van der Waals surface area (Å²) in [6, 6.07) is 40.2. The highest BCUT2D eigenvalue weighted by Gasteiger charge is 2.37. The molecule has 7 aromatic rings. The van der Waals surface area contributed by atoms with Crippen molar-refractivity contribution in [3.8, 4) is 33.4 Å². The number of hydrogen-bond acceptors (Lipinski definition) is 3. The van der Waals surface area contributed by atoms with Crippen molar-refractivity contribution >= 4 is 65.0 Å². The lowest BCUT2D eigenvalue weighted by atomic mass is 9.79. The van der Waals surface area contributed by atoms with Gasteiger partial charge >= 0.3 is 0 Å². The molecular weight excluding hydrogens is 685 g/mol. The van der Waals surface area contributed by atoms with Gasteiger partial charge in [-0.2, -0.15) is 0 Å². The highest BCUT2D eigenvalue weighted by molar-refractivity contribution is 7.25. The van der Waals surface area contributed by atoms with Crippen molar-refractivity contribution < 1.29 is 0 Å². The molecule has 2 N–H and O–H groups in total. The van der Waals surface area contributed by atoms with Gasteiger partial charge in [0.1, 0.15) is 0 Å². The zero-order chi connectivity index (χ0) is 37.0. The molecule has 0 aliphatic heterocycles. The molecule has 6 aromatic carbocycles. The Morgan fingerprint density at radius 2 is 1.40 bits per heavy atom. The van der Waals surface area contributed by atoms with Crippen molar-refractivity contribution in [3.05, 3.63) is 186 Å². The zero-order valence-corrected chi connectivity index (χ0v) is 31.7. The van der Waals surface area contributed by atoms with E-state index in [9.17, 15) is 0 Å². The Kier molecular flexibility index (Phi) is 6.93. The van der Waals surface area contributed by atoms with E-state index in [1.807, 2.05) is 29.6 Å². The van der Waals surface area contributed by atoms with Gasteiger partial charge in [-0.1, -0.05) is 130 Å². The highest BCUT2D eigenvalue weighted by atomic mass is 32.1. The summed E-state index contributed by atoms with van der Waals surface area (Å²) in [5.74, 6) is 0. The molecule has 3 heteroatoms. The fourth-order valence-electron chi connectivity index (χ4n) is 9.51. The van der Waals surface area contributed by atoms with Gasteiger partial charge in [0.2, 0.25) is 0 Å². The summed E-state index contributed by atoms with van der Waals surface area (Å²) < 4.78 is 2.54. The predicted molar refractivity (Wildman–Crippen MR) is 237 cm³/mol. The van der Waals surface area contributed by atoms with Crippen LogP contribution in [0.2, 0.25) is 0 Å². The first-order valence-electron chi connectivity index (χ1n) is 19.2. The van der Waals surface area contributed by atoms with E-state index in [-0.39, 0.29) is 5.41 Å². The maximum atomic E-state index is 7.11. The Morgan fingerprint density at radius 3 is 2.25 bits per heavy atom. The van der Waals surface area contributed by atoms with Crippen LogP contribution >= 0.6 is 11.3 Å². The number of nitrogens with two attached hydrogens (primary N) is 1. The summed E-state index contributed by atoms with van der Waals surface area (Å²) in [6.07, 6.45) is 15.1. The SMILES string of the molecule is C=C(N=C1C=CC=C/C1=C(/N)c1ccc2c3c(cccc13)-c1ccccc1-2)c1ccc2sc3ccc(-c4ccc5c(c4)C(C)(C)C4=C5CCC=C4)cc3c2c1. The standard InChI is InChI=1S/C52H38N2S/c1-30(54-47-18-9-7-14-42(47)51(53)41-24-23-40-35-12-5-4-11-34(35)38-15-10-16-39(41)50(38)40)31-20-25-48-43(27-31)44-28-32(21-26-49(44)55-48)33-19-22-37-36-13-6-8-17-45(36)52(2,3)46(37)29-33/h4-5,7-12,14-29H,1,6,13,53H2,2-3H3/b51-42-,54-47?. The van der Waals surface area contributed by atoms with Gasteiger partial charge in [-0.15, -0.1) is 11.3 Å². The molecule has 0 bridgehead atoms. The lowest BCUT2D eigenvalue weighted by Crippen LogP contribution is -2.16. The summed E-state index contributed by atoms with van der Waals surface area (Å²) in [5.41, 5.74) is 25.7. The first-order chi connectivity index (χ1) is 26.8. The Bertz CT molecular complexity index is 3050. The molecule has 262 valence electrons. The van der Waals surface area contributed by atoms with Gasteiger partial charge in [0.25, 0.3) is 0 Å². The second kappa shape index (κ2) is 11.9. The van der Waals surface area contributed by atoms with Crippen molar-refractivity contribution in [2.45, 2.75) is 32.1 Å². The number of thiophene rings is 1. The molecule has 1 heterocycles. The topological polar surface area (TPSA) is 38.4 Å². The van der Waals surface area contributed by atoms with Crippen molar-refractivity contribution in [1.82, 2.24) is 0 Å². The van der Waals surface area contributed by atoms with E-state index in [4.69, 9.17) is 10.7 Å². The molecule has 4 aliphatic carbocycles. The Labute approximate surface area is 325 Å². The first kappa shape index (κ1) is 32.2.